The molecular weight excluding hydrogens is 483 g/mol. The van der Waals surface area contributed by atoms with Gasteiger partial charge in [-0.3, -0.25) is 9.80 Å². The summed E-state index contributed by atoms with van der Waals surface area (Å²) < 4.78 is 6.66. The Hall–Kier alpha value is -1.76. The van der Waals surface area contributed by atoms with Crippen LogP contribution in [0.2, 0.25) is 10.0 Å². The molecule has 5 atom stereocenters. The molecule has 2 heterocycles. The molecule has 1 saturated carbocycles. The number of hydrogen-bond donors (Lipinski definition) is 2. The van der Waals surface area contributed by atoms with Gasteiger partial charge in [-0.2, -0.15) is 0 Å². The molecule has 2 bridgehead atoms. The predicted octanol–water partition coefficient (Wildman–Crippen LogP) is 4.58. The molecule has 35 heavy (non-hydrogen) atoms. The zero-order valence-corrected chi connectivity index (χ0v) is 21.5. The van der Waals surface area contributed by atoms with E-state index in [-0.39, 0.29) is 23.9 Å². The number of piperidine rings is 1. The first kappa shape index (κ1) is 23.6. The Kier molecular flexibility index (Phi) is 5.66. The Morgan fingerprint density at radius 2 is 2.06 bits per heavy atom. The standard InChI is InChI=1S/C28H32Cl2N2O3/c1-3-12-32-14-11-27-24-18-5-7-22(33)25(24)35-26(27)21(8-10-28(27,34)23(32)16-18)31(2)13-9-17-4-6-19(29)20(30)15-17/h3-7,15,21,23,26,33-34H,1,8-14,16H2,2H3/t21?,23-,26?,27+,28-/m1/s1. The van der Waals surface area contributed by atoms with E-state index in [1.165, 1.54) is 5.56 Å². The zero-order valence-electron chi connectivity index (χ0n) is 20.0. The minimum Gasteiger partial charge on any atom is -0.504 e. The van der Waals surface area contributed by atoms with Crippen LogP contribution >= 0.6 is 23.2 Å². The van der Waals surface area contributed by atoms with Gasteiger partial charge in [-0.1, -0.05) is 41.4 Å². The minimum absolute atomic E-state index is 0.0193. The highest BCUT2D eigenvalue weighted by atomic mass is 35.5. The smallest absolute Gasteiger partial charge is 0.165 e. The quantitative estimate of drug-likeness (QED) is 0.552. The van der Waals surface area contributed by atoms with Crippen LogP contribution in [-0.2, 0) is 18.3 Å². The van der Waals surface area contributed by atoms with E-state index in [0.717, 1.165) is 56.4 Å². The maximum absolute atomic E-state index is 12.5. The number of halogens is 2. The molecule has 5 nitrogen and oxygen atoms in total. The lowest BCUT2D eigenvalue weighted by molar-refractivity contribution is -0.197. The molecule has 2 unspecified atom stereocenters. The van der Waals surface area contributed by atoms with E-state index in [1.54, 1.807) is 6.07 Å². The van der Waals surface area contributed by atoms with Crippen molar-refractivity contribution in [3.8, 4) is 11.5 Å². The van der Waals surface area contributed by atoms with Crippen molar-refractivity contribution in [2.45, 2.75) is 61.3 Å². The molecule has 2 aliphatic carbocycles. The fraction of sp³-hybridized carbons (Fsp3) is 0.500. The van der Waals surface area contributed by atoms with Crippen molar-refractivity contribution in [2.24, 2.45) is 0 Å². The van der Waals surface area contributed by atoms with Gasteiger partial charge in [0.05, 0.1) is 21.1 Å². The highest BCUT2D eigenvalue weighted by molar-refractivity contribution is 6.42. The van der Waals surface area contributed by atoms with Gasteiger partial charge in [-0.05, 0) is 75.0 Å². The third-order valence-corrected chi connectivity index (χ3v) is 9.95. The van der Waals surface area contributed by atoms with E-state index in [1.807, 2.05) is 30.3 Å². The fourth-order valence-corrected chi connectivity index (χ4v) is 7.93. The second kappa shape index (κ2) is 8.39. The normalized spacial score (nSPS) is 32.9. The topological polar surface area (TPSA) is 56.2 Å². The maximum Gasteiger partial charge on any atom is 0.165 e. The van der Waals surface area contributed by atoms with Crippen molar-refractivity contribution in [3.05, 3.63) is 69.7 Å². The van der Waals surface area contributed by atoms with Gasteiger partial charge < -0.3 is 14.9 Å². The van der Waals surface area contributed by atoms with Gasteiger partial charge in [0.2, 0.25) is 0 Å². The van der Waals surface area contributed by atoms with Crippen LogP contribution in [-0.4, -0.2) is 70.5 Å². The summed E-state index contributed by atoms with van der Waals surface area (Å²) in [6, 6.07) is 9.73. The second-order valence-electron chi connectivity index (χ2n) is 10.7. The molecule has 1 spiro atoms. The molecule has 2 fully saturated rings. The van der Waals surface area contributed by atoms with Crippen LogP contribution in [0.3, 0.4) is 0 Å². The molecule has 2 aromatic carbocycles. The van der Waals surface area contributed by atoms with Crippen LogP contribution in [0.1, 0.15) is 36.0 Å². The largest absolute Gasteiger partial charge is 0.504 e. The molecule has 0 amide bonds. The second-order valence-corrected chi connectivity index (χ2v) is 11.5. The summed E-state index contributed by atoms with van der Waals surface area (Å²) in [6.45, 7) is 6.43. The molecule has 0 aromatic heterocycles. The number of rotatable bonds is 6. The molecule has 2 aliphatic heterocycles. The Morgan fingerprint density at radius 1 is 1.23 bits per heavy atom. The SMILES string of the molecule is C=CCN1CC[C@]23c4c5ccc(O)c4OC2C(N(C)CCc2ccc(Cl)c(Cl)c2)CC[C@@]3(O)[C@H]1C5. The first-order valence-electron chi connectivity index (χ1n) is 12.5. The van der Waals surface area contributed by atoms with Crippen molar-refractivity contribution in [3.63, 3.8) is 0 Å². The minimum atomic E-state index is -0.897. The number of aromatic hydroxyl groups is 1. The Labute approximate surface area is 216 Å². The van der Waals surface area contributed by atoms with E-state index in [4.69, 9.17) is 27.9 Å². The van der Waals surface area contributed by atoms with Crippen LogP contribution in [0.15, 0.2) is 43.0 Å². The third-order valence-electron chi connectivity index (χ3n) is 9.21. The highest BCUT2D eigenvalue weighted by Gasteiger charge is 2.73. The van der Waals surface area contributed by atoms with Crippen molar-refractivity contribution < 1.29 is 14.9 Å². The Balaban J connectivity index is 1.35. The molecule has 7 heteroatoms. The predicted molar refractivity (Wildman–Crippen MR) is 139 cm³/mol. The molecule has 4 aliphatic rings. The summed E-state index contributed by atoms with van der Waals surface area (Å²) in [4.78, 5) is 4.75. The molecule has 1 saturated heterocycles. The average Bonchev–Trinajstić information content (AvgIpc) is 3.19. The third kappa shape index (κ3) is 3.25. The first-order valence-corrected chi connectivity index (χ1v) is 13.3. The molecule has 2 aromatic rings. The van der Waals surface area contributed by atoms with Gasteiger partial charge in [-0.25, -0.2) is 0 Å². The highest BCUT2D eigenvalue weighted by Crippen LogP contribution is 2.65. The molecular formula is C28H32Cl2N2O3. The van der Waals surface area contributed by atoms with Crippen LogP contribution in [0.4, 0.5) is 0 Å². The lowest BCUT2D eigenvalue weighted by Crippen LogP contribution is -2.78. The van der Waals surface area contributed by atoms with Gasteiger partial charge in [0.25, 0.3) is 0 Å². The van der Waals surface area contributed by atoms with Crippen molar-refractivity contribution >= 4 is 23.2 Å². The molecule has 6 rings (SSSR count). The number of nitrogens with zero attached hydrogens (tertiary/aromatic N) is 2. The number of hydrogen-bond acceptors (Lipinski definition) is 5. The van der Waals surface area contributed by atoms with Gasteiger partial charge >= 0.3 is 0 Å². The summed E-state index contributed by atoms with van der Waals surface area (Å²) >= 11 is 12.3. The number of benzene rings is 2. The van der Waals surface area contributed by atoms with E-state index in [2.05, 4.69) is 23.4 Å². The number of phenols is 1. The van der Waals surface area contributed by atoms with E-state index >= 15 is 0 Å². The Bertz CT molecular complexity index is 1190. The molecule has 2 N–H and O–H groups in total. The van der Waals surface area contributed by atoms with Crippen molar-refractivity contribution in [2.75, 3.05) is 26.7 Å². The summed E-state index contributed by atoms with van der Waals surface area (Å²) in [5, 5.41) is 24.4. The van der Waals surface area contributed by atoms with Gasteiger partial charge in [0.15, 0.2) is 11.5 Å². The summed E-state index contributed by atoms with van der Waals surface area (Å²) in [5.41, 5.74) is 1.98. The van der Waals surface area contributed by atoms with Crippen LogP contribution in [0.5, 0.6) is 11.5 Å². The van der Waals surface area contributed by atoms with Crippen LogP contribution < -0.4 is 4.74 Å². The van der Waals surface area contributed by atoms with Crippen LogP contribution in [0.25, 0.3) is 0 Å². The lowest BCUT2D eigenvalue weighted by atomic mass is 9.48. The average molecular weight is 515 g/mol. The fourth-order valence-electron chi connectivity index (χ4n) is 7.61. The van der Waals surface area contributed by atoms with Crippen molar-refractivity contribution in [1.82, 2.24) is 9.80 Å². The summed E-state index contributed by atoms with van der Waals surface area (Å²) in [5.74, 6) is 0.769. The molecule has 186 valence electrons. The number of likely N-dealkylation sites (N-methyl/N-ethyl adjacent to an activating group) is 1. The Morgan fingerprint density at radius 3 is 2.83 bits per heavy atom. The van der Waals surface area contributed by atoms with Gasteiger partial charge in [-0.15, -0.1) is 6.58 Å². The molecule has 0 radical (unpaired) electrons. The first-order chi connectivity index (χ1) is 16.8. The van der Waals surface area contributed by atoms with Gasteiger partial charge in [0, 0.05) is 30.7 Å². The lowest BCUT2D eigenvalue weighted by Gasteiger charge is -2.64. The maximum atomic E-state index is 12.5. The van der Waals surface area contributed by atoms with Gasteiger partial charge in [0.1, 0.15) is 6.10 Å². The number of ether oxygens (including phenoxy) is 1. The number of likely N-dealkylation sites (tertiary alicyclic amines) is 1. The summed E-state index contributed by atoms with van der Waals surface area (Å²) in [7, 11) is 2.14. The van der Waals surface area contributed by atoms with E-state index in [9.17, 15) is 10.2 Å². The summed E-state index contributed by atoms with van der Waals surface area (Å²) in [6.07, 6.45) is 5.68. The number of phenolic OH excluding ortho intramolecular Hbond substituents is 1. The van der Waals surface area contributed by atoms with Crippen LogP contribution in [0, 0.1) is 0 Å². The van der Waals surface area contributed by atoms with Crippen molar-refractivity contribution in [1.29, 1.82) is 0 Å². The monoisotopic (exact) mass is 514 g/mol. The zero-order chi connectivity index (χ0) is 24.5. The number of aliphatic hydroxyl groups is 1. The van der Waals surface area contributed by atoms with E-state index in [0.29, 0.717) is 22.2 Å². The van der Waals surface area contributed by atoms with E-state index < -0.39 is 11.0 Å².